The molecule has 0 saturated heterocycles. The Balaban J connectivity index is 3.22. The van der Waals surface area contributed by atoms with E-state index >= 15 is 0 Å². The summed E-state index contributed by atoms with van der Waals surface area (Å²) in [6.45, 7) is 0. The van der Waals surface area contributed by atoms with E-state index in [4.69, 9.17) is 10.8 Å². The summed E-state index contributed by atoms with van der Waals surface area (Å²) in [5.74, 6) is 0.255. The molecule has 0 aliphatic rings. The molecule has 3 N–H and O–H groups in total. The summed E-state index contributed by atoms with van der Waals surface area (Å²) in [7, 11) is 0. The van der Waals surface area contributed by atoms with Crippen molar-refractivity contribution < 1.29 is 9.90 Å². The zero-order chi connectivity index (χ0) is 8.69. The summed E-state index contributed by atoms with van der Waals surface area (Å²) >= 11 is 1.74. The Kier molecular flexibility index (Phi) is 6.36. The van der Waals surface area contributed by atoms with Gasteiger partial charge in [-0.05, 0) is 24.9 Å². The van der Waals surface area contributed by atoms with Gasteiger partial charge in [-0.1, -0.05) is 0 Å². The second kappa shape index (κ2) is 6.49. The van der Waals surface area contributed by atoms with Crippen LogP contribution in [0.3, 0.4) is 0 Å². The van der Waals surface area contributed by atoms with Crippen LogP contribution < -0.4 is 5.73 Å². The SMILES string of the molecule is CSCCC(N)CCC(=O)O. The molecule has 3 nitrogen and oxygen atoms in total. The number of carboxylic acid groups (broad SMARTS) is 1. The summed E-state index contributed by atoms with van der Waals surface area (Å²) in [5, 5.41) is 8.33. The molecule has 1 unspecified atom stereocenters. The quantitative estimate of drug-likeness (QED) is 0.633. The molecular weight excluding hydrogens is 162 g/mol. The maximum absolute atomic E-state index is 10.1. The molecule has 0 aromatic heterocycles. The molecule has 0 saturated carbocycles. The van der Waals surface area contributed by atoms with Gasteiger partial charge in [0.05, 0.1) is 0 Å². The number of nitrogens with two attached hydrogens (primary N) is 1. The molecule has 0 radical (unpaired) electrons. The molecular formula is C7H15NO2S. The van der Waals surface area contributed by atoms with Gasteiger partial charge in [0, 0.05) is 12.5 Å². The maximum Gasteiger partial charge on any atom is 0.303 e. The van der Waals surface area contributed by atoms with Crippen LogP contribution in [0.25, 0.3) is 0 Å². The lowest BCUT2D eigenvalue weighted by molar-refractivity contribution is -0.137. The van der Waals surface area contributed by atoms with Gasteiger partial charge >= 0.3 is 5.97 Å². The number of thioether (sulfide) groups is 1. The molecule has 0 aliphatic carbocycles. The third-order valence-electron chi connectivity index (χ3n) is 1.42. The Morgan fingerprint density at radius 2 is 2.27 bits per heavy atom. The van der Waals surface area contributed by atoms with Gasteiger partial charge in [-0.2, -0.15) is 11.8 Å². The van der Waals surface area contributed by atoms with Crippen LogP contribution in [0.2, 0.25) is 0 Å². The molecule has 0 fully saturated rings. The van der Waals surface area contributed by atoms with Crippen LogP contribution in [-0.2, 0) is 4.79 Å². The average Bonchev–Trinajstić information content (AvgIpc) is 1.97. The largest absolute Gasteiger partial charge is 0.481 e. The lowest BCUT2D eigenvalue weighted by Gasteiger charge is -2.07. The van der Waals surface area contributed by atoms with Crippen molar-refractivity contribution in [1.29, 1.82) is 0 Å². The first-order chi connectivity index (χ1) is 5.16. The highest BCUT2D eigenvalue weighted by molar-refractivity contribution is 7.98. The van der Waals surface area contributed by atoms with Crippen LogP contribution >= 0.6 is 11.8 Å². The fourth-order valence-electron chi connectivity index (χ4n) is 0.722. The maximum atomic E-state index is 10.1. The normalized spacial score (nSPS) is 12.9. The first-order valence-electron chi connectivity index (χ1n) is 3.63. The average molecular weight is 177 g/mol. The van der Waals surface area contributed by atoms with Crippen molar-refractivity contribution in [2.75, 3.05) is 12.0 Å². The number of hydrogen-bond donors (Lipinski definition) is 2. The molecule has 0 heterocycles. The van der Waals surface area contributed by atoms with Gasteiger partial charge in [0.1, 0.15) is 0 Å². The number of aliphatic carboxylic acids is 1. The lowest BCUT2D eigenvalue weighted by Crippen LogP contribution is -2.21. The lowest BCUT2D eigenvalue weighted by atomic mass is 10.1. The van der Waals surface area contributed by atoms with Gasteiger partial charge in [-0.25, -0.2) is 0 Å². The number of carbonyl (C=O) groups is 1. The molecule has 0 bridgehead atoms. The van der Waals surface area contributed by atoms with E-state index in [0.29, 0.717) is 6.42 Å². The predicted molar refractivity (Wildman–Crippen MR) is 47.8 cm³/mol. The standard InChI is InChI=1S/C7H15NO2S/c1-11-5-4-6(8)2-3-7(9)10/h6H,2-5,8H2,1H3,(H,9,10). The molecule has 0 aromatic rings. The Morgan fingerprint density at radius 1 is 1.64 bits per heavy atom. The van der Waals surface area contributed by atoms with Gasteiger partial charge in [0.15, 0.2) is 0 Å². The van der Waals surface area contributed by atoms with E-state index in [0.717, 1.165) is 12.2 Å². The third-order valence-corrected chi connectivity index (χ3v) is 2.07. The van der Waals surface area contributed by atoms with Gasteiger partial charge < -0.3 is 10.8 Å². The number of rotatable bonds is 6. The van der Waals surface area contributed by atoms with Gasteiger partial charge in [-0.3, -0.25) is 4.79 Å². The summed E-state index contributed by atoms with van der Waals surface area (Å²) in [6, 6.07) is 0.0542. The second-order valence-electron chi connectivity index (χ2n) is 2.47. The van der Waals surface area contributed by atoms with Crippen molar-refractivity contribution in [3.8, 4) is 0 Å². The van der Waals surface area contributed by atoms with Crippen molar-refractivity contribution in [1.82, 2.24) is 0 Å². The van der Waals surface area contributed by atoms with Crippen LogP contribution in [0.5, 0.6) is 0 Å². The molecule has 0 spiro atoms. The third kappa shape index (κ3) is 7.68. The molecule has 4 heteroatoms. The Morgan fingerprint density at radius 3 is 2.73 bits per heavy atom. The van der Waals surface area contributed by atoms with Crippen LogP contribution in [0.15, 0.2) is 0 Å². The van der Waals surface area contributed by atoms with E-state index in [9.17, 15) is 4.79 Å². The van der Waals surface area contributed by atoms with E-state index in [1.54, 1.807) is 11.8 Å². The summed E-state index contributed by atoms with van der Waals surface area (Å²) in [4.78, 5) is 10.1. The van der Waals surface area contributed by atoms with E-state index in [1.165, 1.54) is 0 Å². The van der Waals surface area contributed by atoms with Crippen molar-refractivity contribution in [2.24, 2.45) is 5.73 Å². The highest BCUT2D eigenvalue weighted by Gasteiger charge is 2.04. The Labute approximate surface area is 71.3 Å². The van der Waals surface area contributed by atoms with Crippen LogP contribution in [0, 0.1) is 0 Å². The fraction of sp³-hybridized carbons (Fsp3) is 0.857. The highest BCUT2D eigenvalue weighted by Crippen LogP contribution is 2.03. The minimum absolute atomic E-state index is 0.0542. The summed E-state index contributed by atoms with van der Waals surface area (Å²) in [5.41, 5.74) is 5.63. The van der Waals surface area contributed by atoms with E-state index in [-0.39, 0.29) is 12.5 Å². The summed E-state index contributed by atoms with van der Waals surface area (Å²) in [6.07, 6.45) is 3.71. The monoisotopic (exact) mass is 177 g/mol. The van der Waals surface area contributed by atoms with Crippen molar-refractivity contribution in [3.63, 3.8) is 0 Å². The fourth-order valence-corrected chi connectivity index (χ4v) is 1.26. The number of carboxylic acids is 1. The van der Waals surface area contributed by atoms with E-state index in [1.807, 2.05) is 6.26 Å². The van der Waals surface area contributed by atoms with Gasteiger partial charge in [0.25, 0.3) is 0 Å². The smallest absolute Gasteiger partial charge is 0.303 e. The van der Waals surface area contributed by atoms with Gasteiger partial charge in [0.2, 0.25) is 0 Å². The van der Waals surface area contributed by atoms with E-state index in [2.05, 4.69) is 0 Å². The first-order valence-corrected chi connectivity index (χ1v) is 5.02. The second-order valence-corrected chi connectivity index (χ2v) is 3.46. The van der Waals surface area contributed by atoms with Crippen molar-refractivity contribution in [3.05, 3.63) is 0 Å². The van der Waals surface area contributed by atoms with Crippen molar-refractivity contribution >= 4 is 17.7 Å². The van der Waals surface area contributed by atoms with E-state index < -0.39 is 5.97 Å². The molecule has 0 amide bonds. The van der Waals surface area contributed by atoms with Crippen LogP contribution in [0.1, 0.15) is 19.3 Å². The molecule has 0 aliphatic heterocycles. The molecule has 0 rings (SSSR count). The minimum atomic E-state index is -0.760. The summed E-state index contributed by atoms with van der Waals surface area (Å²) < 4.78 is 0. The molecule has 0 aromatic carbocycles. The van der Waals surface area contributed by atoms with Crippen LogP contribution in [0.4, 0.5) is 0 Å². The van der Waals surface area contributed by atoms with Crippen molar-refractivity contribution in [2.45, 2.75) is 25.3 Å². The molecule has 1 atom stereocenters. The Hall–Kier alpha value is -0.220. The molecule has 66 valence electrons. The molecule has 11 heavy (non-hydrogen) atoms. The van der Waals surface area contributed by atoms with Gasteiger partial charge in [-0.15, -0.1) is 0 Å². The number of hydrogen-bond acceptors (Lipinski definition) is 3. The zero-order valence-electron chi connectivity index (χ0n) is 6.75. The first kappa shape index (κ1) is 10.8. The predicted octanol–water partition coefficient (Wildman–Crippen LogP) is 0.932. The van der Waals surface area contributed by atoms with Crippen LogP contribution in [-0.4, -0.2) is 29.1 Å². The minimum Gasteiger partial charge on any atom is -0.481 e. The zero-order valence-corrected chi connectivity index (χ0v) is 7.56. The Bertz CT molecular complexity index is 119. The topological polar surface area (TPSA) is 63.3 Å². The highest BCUT2D eigenvalue weighted by atomic mass is 32.2.